The van der Waals surface area contributed by atoms with Crippen molar-refractivity contribution < 1.29 is 14.7 Å². The number of benzene rings is 2. The van der Waals surface area contributed by atoms with E-state index in [0.717, 1.165) is 12.8 Å². The molecule has 24 heavy (non-hydrogen) atoms. The molecular weight excluding hydrogens is 302 g/mol. The molecule has 4 heteroatoms. The summed E-state index contributed by atoms with van der Waals surface area (Å²) in [6, 6.07) is 16.5. The number of carbonyl (C=O) groups is 2. The highest BCUT2D eigenvalue weighted by Crippen LogP contribution is 2.34. The lowest BCUT2D eigenvalue weighted by atomic mass is 9.76. The molecule has 1 fully saturated rings. The van der Waals surface area contributed by atoms with E-state index in [2.05, 4.69) is 19.1 Å². The quantitative estimate of drug-likeness (QED) is 0.939. The summed E-state index contributed by atoms with van der Waals surface area (Å²) in [5.74, 6) is -1.11. The van der Waals surface area contributed by atoms with Gasteiger partial charge in [0.05, 0.1) is 5.56 Å². The number of carboxylic acid groups (broad SMARTS) is 1. The van der Waals surface area contributed by atoms with Crippen molar-refractivity contribution >= 4 is 11.9 Å². The van der Waals surface area contributed by atoms with Crippen LogP contribution in [0.2, 0.25) is 0 Å². The van der Waals surface area contributed by atoms with Crippen LogP contribution in [-0.2, 0) is 5.41 Å². The predicted octanol–water partition coefficient (Wildman–Crippen LogP) is 3.58. The van der Waals surface area contributed by atoms with E-state index < -0.39 is 5.97 Å². The van der Waals surface area contributed by atoms with Gasteiger partial charge in [0, 0.05) is 24.1 Å². The van der Waals surface area contributed by atoms with Gasteiger partial charge in [-0.2, -0.15) is 0 Å². The van der Waals surface area contributed by atoms with Crippen LogP contribution in [0.25, 0.3) is 0 Å². The Bertz CT molecular complexity index is 756. The van der Waals surface area contributed by atoms with Crippen molar-refractivity contribution in [3.63, 3.8) is 0 Å². The van der Waals surface area contributed by atoms with Crippen molar-refractivity contribution in [2.45, 2.75) is 25.2 Å². The fraction of sp³-hybridized carbons (Fsp3) is 0.300. The predicted molar refractivity (Wildman–Crippen MR) is 92.3 cm³/mol. The van der Waals surface area contributed by atoms with E-state index >= 15 is 0 Å². The first-order chi connectivity index (χ1) is 11.5. The van der Waals surface area contributed by atoms with Crippen LogP contribution in [0.4, 0.5) is 0 Å². The molecule has 0 aromatic heterocycles. The van der Waals surface area contributed by atoms with Crippen LogP contribution in [0.3, 0.4) is 0 Å². The number of piperidine rings is 1. The molecule has 1 amide bonds. The Morgan fingerprint density at radius 1 is 1.04 bits per heavy atom. The first kappa shape index (κ1) is 16.2. The van der Waals surface area contributed by atoms with E-state index in [-0.39, 0.29) is 16.9 Å². The minimum absolute atomic E-state index is 0.0699. The van der Waals surface area contributed by atoms with Crippen LogP contribution < -0.4 is 0 Å². The number of carbonyl (C=O) groups excluding carboxylic acids is 1. The van der Waals surface area contributed by atoms with E-state index in [1.807, 2.05) is 23.1 Å². The molecule has 0 radical (unpaired) electrons. The monoisotopic (exact) mass is 323 g/mol. The first-order valence-corrected chi connectivity index (χ1v) is 8.18. The van der Waals surface area contributed by atoms with E-state index in [9.17, 15) is 9.59 Å². The van der Waals surface area contributed by atoms with Gasteiger partial charge in [0.15, 0.2) is 0 Å². The SMILES string of the molecule is CC1(c2ccccc2)CCCN(C(=O)c2cccc(C(=O)O)c2)C1. The number of hydrogen-bond acceptors (Lipinski definition) is 2. The van der Waals surface area contributed by atoms with Gasteiger partial charge in [-0.1, -0.05) is 43.3 Å². The Morgan fingerprint density at radius 3 is 2.46 bits per heavy atom. The molecule has 1 atom stereocenters. The van der Waals surface area contributed by atoms with E-state index in [0.29, 0.717) is 18.7 Å². The lowest BCUT2D eigenvalue weighted by Gasteiger charge is -2.41. The molecule has 1 unspecified atom stereocenters. The summed E-state index contributed by atoms with van der Waals surface area (Å²) >= 11 is 0. The van der Waals surface area contributed by atoms with Crippen molar-refractivity contribution in [3.05, 3.63) is 71.3 Å². The van der Waals surface area contributed by atoms with Gasteiger partial charge in [0.2, 0.25) is 0 Å². The van der Waals surface area contributed by atoms with Gasteiger partial charge in [-0.25, -0.2) is 4.79 Å². The zero-order valence-corrected chi connectivity index (χ0v) is 13.7. The molecule has 0 saturated carbocycles. The van der Waals surface area contributed by atoms with Gasteiger partial charge in [-0.3, -0.25) is 4.79 Å². The third kappa shape index (κ3) is 3.18. The molecule has 1 aliphatic heterocycles. The molecule has 1 saturated heterocycles. The second-order valence-corrected chi connectivity index (χ2v) is 6.64. The molecule has 3 rings (SSSR count). The molecule has 2 aromatic rings. The molecule has 0 bridgehead atoms. The van der Waals surface area contributed by atoms with Crippen molar-refractivity contribution in [3.8, 4) is 0 Å². The van der Waals surface area contributed by atoms with E-state index in [1.54, 1.807) is 12.1 Å². The second kappa shape index (κ2) is 6.48. The molecule has 0 spiro atoms. The van der Waals surface area contributed by atoms with Crippen LogP contribution in [0.15, 0.2) is 54.6 Å². The number of aromatic carboxylic acids is 1. The fourth-order valence-corrected chi connectivity index (χ4v) is 3.46. The van der Waals surface area contributed by atoms with Crippen molar-refractivity contribution in [2.24, 2.45) is 0 Å². The van der Waals surface area contributed by atoms with Gasteiger partial charge in [-0.05, 0) is 36.6 Å². The maximum atomic E-state index is 12.8. The maximum absolute atomic E-state index is 12.8. The van der Waals surface area contributed by atoms with Gasteiger partial charge in [0.1, 0.15) is 0 Å². The Balaban J connectivity index is 1.83. The van der Waals surface area contributed by atoms with Crippen LogP contribution in [-0.4, -0.2) is 35.0 Å². The number of rotatable bonds is 3. The maximum Gasteiger partial charge on any atom is 0.335 e. The van der Waals surface area contributed by atoms with Crippen molar-refractivity contribution in [1.82, 2.24) is 4.90 Å². The Labute approximate surface area is 141 Å². The Kier molecular flexibility index (Phi) is 4.38. The van der Waals surface area contributed by atoms with Gasteiger partial charge >= 0.3 is 5.97 Å². The highest BCUT2D eigenvalue weighted by atomic mass is 16.4. The standard InChI is InChI=1S/C20H21NO3/c1-20(17-9-3-2-4-10-17)11-6-12-21(14-20)18(22)15-7-5-8-16(13-15)19(23)24/h2-5,7-10,13H,6,11-12,14H2,1H3,(H,23,24). The highest BCUT2D eigenvalue weighted by molar-refractivity contribution is 5.97. The minimum Gasteiger partial charge on any atom is -0.478 e. The molecule has 1 aliphatic rings. The molecule has 1 N–H and O–H groups in total. The third-order valence-electron chi connectivity index (χ3n) is 4.81. The lowest BCUT2D eigenvalue weighted by Crippen LogP contribution is -2.47. The summed E-state index contributed by atoms with van der Waals surface area (Å²) in [6.07, 6.45) is 1.98. The number of carboxylic acids is 1. The molecule has 124 valence electrons. The average Bonchev–Trinajstić information content (AvgIpc) is 2.62. The average molecular weight is 323 g/mol. The molecule has 2 aromatic carbocycles. The summed E-state index contributed by atoms with van der Waals surface area (Å²) in [7, 11) is 0. The fourth-order valence-electron chi connectivity index (χ4n) is 3.46. The van der Waals surface area contributed by atoms with Gasteiger partial charge < -0.3 is 10.0 Å². The van der Waals surface area contributed by atoms with Crippen LogP contribution in [0, 0.1) is 0 Å². The highest BCUT2D eigenvalue weighted by Gasteiger charge is 2.34. The van der Waals surface area contributed by atoms with E-state index in [1.165, 1.54) is 17.7 Å². The van der Waals surface area contributed by atoms with Crippen LogP contribution in [0.5, 0.6) is 0 Å². The van der Waals surface area contributed by atoms with Gasteiger partial charge in [0.25, 0.3) is 5.91 Å². The van der Waals surface area contributed by atoms with Crippen molar-refractivity contribution in [1.29, 1.82) is 0 Å². The number of likely N-dealkylation sites (tertiary alicyclic amines) is 1. The lowest BCUT2D eigenvalue weighted by molar-refractivity contribution is 0.0651. The summed E-state index contributed by atoms with van der Waals surface area (Å²) in [5, 5.41) is 9.11. The zero-order chi connectivity index (χ0) is 17.2. The molecule has 0 aliphatic carbocycles. The molecule has 1 heterocycles. The first-order valence-electron chi connectivity index (χ1n) is 8.18. The minimum atomic E-state index is -1.02. The largest absolute Gasteiger partial charge is 0.478 e. The molecular formula is C20H21NO3. The van der Waals surface area contributed by atoms with E-state index in [4.69, 9.17) is 5.11 Å². The van der Waals surface area contributed by atoms with Gasteiger partial charge in [-0.15, -0.1) is 0 Å². The van der Waals surface area contributed by atoms with Crippen molar-refractivity contribution in [2.75, 3.05) is 13.1 Å². The number of amides is 1. The normalized spacial score (nSPS) is 20.6. The molecule has 4 nitrogen and oxygen atoms in total. The smallest absolute Gasteiger partial charge is 0.335 e. The number of hydrogen-bond donors (Lipinski definition) is 1. The summed E-state index contributed by atoms with van der Waals surface area (Å²) in [6.45, 7) is 3.54. The summed E-state index contributed by atoms with van der Waals surface area (Å²) in [4.78, 5) is 25.8. The Hall–Kier alpha value is -2.62. The van der Waals surface area contributed by atoms with Crippen LogP contribution >= 0.6 is 0 Å². The summed E-state index contributed by atoms with van der Waals surface area (Å²) < 4.78 is 0. The second-order valence-electron chi connectivity index (χ2n) is 6.64. The number of nitrogens with zero attached hydrogens (tertiary/aromatic N) is 1. The van der Waals surface area contributed by atoms with Crippen LogP contribution in [0.1, 0.15) is 46.0 Å². The third-order valence-corrected chi connectivity index (χ3v) is 4.81. The summed E-state index contributed by atoms with van der Waals surface area (Å²) in [5.41, 5.74) is 1.75. The zero-order valence-electron chi connectivity index (χ0n) is 13.7. The Morgan fingerprint density at radius 2 is 1.75 bits per heavy atom. The topological polar surface area (TPSA) is 57.6 Å².